The van der Waals surface area contributed by atoms with Gasteiger partial charge < -0.3 is 14.6 Å². The van der Waals surface area contributed by atoms with Crippen molar-refractivity contribution in [3.05, 3.63) is 82.7 Å². The average Bonchev–Trinajstić information content (AvgIpc) is 3.40. The van der Waals surface area contributed by atoms with Crippen molar-refractivity contribution >= 4 is 33.8 Å². The maximum Gasteiger partial charge on any atom is 0.227 e. The number of carbonyl (C=O) groups is 1. The Morgan fingerprint density at radius 3 is 2.64 bits per heavy atom. The maximum atomic E-state index is 13.1. The number of ether oxygens (including phenoxy) is 1. The highest BCUT2D eigenvalue weighted by Crippen LogP contribution is 2.25. The summed E-state index contributed by atoms with van der Waals surface area (Å²) in [6.07, 6.45) is 3.17. The minimum Gasteiger partial charge on any atom is -0.497 e. The number of hydrogen-bond donors (Lipinski definition) is 1. The first-order valence-electron chi connectivity index (χ1n) is 9.26. The SMILES string of the molecule is COc1ccc(N(Cc2cccs2)C(=O)CCc2c[nH]c3ccccc23)cc1. The van der Waals surface area contributed by atoms with Gasteiger partial charge in [-0.15, -0.1) is 11.3 Å². The maximum absolute atomic E-state index is 13.1. The van der Waals surface area contributed by atoms with Crippen LogP contribution in [0.15, 0.2) is 72.2 Å². The number of methoxy groups -OCH3 is 1. The number of aryl methyl sites for hydroxylation is 1. The van der Waals surface area contributed by atoms with Gasteiger partial charge in [0.05, 0.1) is 13.7 Å². The second-order valence-electron chi connectivity index (χ2n) is 6.62. The van der Waals surface area contributed by atoms with E-state index in [-0.39, 0.29) is 5.91 Å². The number of aromatic nitrogens is 1. The van der Waals surface area contributed by atoms with Gasteiger partial charge in [-0.05, 0) is 53.8 Å². The van der Waals surface area contributed by atoms with Crippen LogP contribution in [0.25, 0.3) is 10.9 Å². The zero-order chi connectivity index (χ0) is 19.3. The molecule has 142 valence electrons. The standard InChI is InChI=1S/C23H22N2O2S/c1-27-19-11-9-18(10-12-19)25(16-20-5-4-14-28-20)23(26)13-8-17-15-24-22-7-3-2-6-21(17)22/h2-7,9-12,14-15,24H,8,13,16H2,1H3. The Hall–Kier alpha value is -3.05. The summed E-state index contributed by atoms with van der Waals surface area (Å²) in [5.41, 5.74) is 3.17. The number of nitrogens with zero attached hydrogens (tertiary/aromatic N) is 1. The number of fused-ring (bicyclic) bond motifs is 1. The van der Waals surface area contributed by atoms with Crippen molar-refractivity contribution in [3.63, 3.8) is 0 Å². The fourth-order valence-corrected chi connectivity index (χ4v) is 4.05. The molecule has 4 rings (SSSR count). The van der Waals surface area contributed by atoms with Crippen LogP contribution < -0.4 is 9.64 Å². The lowest BCUT2D eigenvalue weighted by Crippen LogP contribution is -2.30. The molecule has 4 aromatic rings. The van der Waals surface area contributed by atoms with Gasteiger partial charge >= 0.3 is 0 Å². The largest absolute Gasteiger partial charge is 0.497 e. The van der Waals surface area contributed by atoms with Crippen molar-refractivity contribution in [1.29, 1.82) is 0 Å². The number of thiophene rings is 1. The molecule has 0 aliphatic carbocycles. The second kappa shape index (κ2) is 8.31. The number of rotatable bonds is 7. The second-order valence-corrected chi connectivity index (χ2v) is 7.65. The fourth-order valence-electron chi connectivity index (χ4n) is 3.36. The van der Waals surface area contributed by atoms with Crippen molar-refractivity contribution in [3.8, 4) is 5.75 Å². The van der Waals surface area contributed by atoms with Crippen molar-refractivity contribution in [1.82, 2.24) is 4.98 Å². The van der Waals surface area contributed by atoms with E-state index >= 15 is 0 Å². The van der Waals surface area contributed by atoms with E-state index in [0.29, 0.717) is 19.4 Å². The highest BCUT2D eigenvalue weighted by molar-refractivity contribution is 7.09. The molecule has 1 amide bonds. The summed E-state index contributed by atoms with van der Waals surface area (Å²) in [7, 11) is 1.64. The number of para-hydroxylation sites is 1. The topological polar surface area (TPSA) is 45.3 Å². The molecule has 0 saturated carbocycles. The number of amides is 1. The number of H-pyrrole nitrogens is 1. The molecule has 0 fully saturated rings. The first-order chi connectivity index (χ1) is 13.7. The molecule has 0 aliphatic heterocycles. The van der Waals surface area contributed by atoms with Crippen molar-refractivity contribution < 1.29 is 9.53 Å². The van der Waals surface area contributed by atoms with Gasteiger partial charge in [-0.1, -0.05) is 24.3 Å². The lowest BCUT2D eigenvalue weighted by atomic mass is 10.1. The molecule has 0 unspecified atom stereocenters. The van der Waals surface area contributed by atoms with Gasteiger partial charge in [0.25, 0.3) is 0 Å². The number of hydrogen-bond acceptors (Lipinski definition) is 3. The molecule has 0 bridgehead atoms. The minimum absolute atomic E-state index is 0.115. The summed E-state index contributed by atoms with van der Waals surface area (Å²) >= 11 is 1.67. The van der Waals surface area contributed by atoms with Crippen LogP contribution in [0.5, 0.6) is 5.75 Å². The van der Waals surface area contributed by atoms with Crippen LogP contribution in [0.4, 0.5) is 5.69 Å². The molecular formula is C23H22N2O2S. The highest BCUT2D eigenvalue weighted by Gasteiger charge is 2.17. The zero-order valence-corrected chi connectivity index (χ0v) is 16.5. The van der Waals surface area contributed by atoms with Gasteiger partial charge in [-0.25, -0.2) is 0 Å². The lowest BCUT2D eigenvalue weighted by Gasteiger charge is -2.22. The van der Waals surface area contributed by atoms with Crippen LogP contribution in [-0.2, 0) is 17.8 Å². The van der Waals surface area contributed by atoms with Crippen LogP contribution in [0.3, 0.4) is 0 Å². The number of aromatic amines is 1. The smallest absolute Gasteiger partial charge is 0.227 e. The van der Waals surface area contributed by atoms with Crippen LogP contribution in [0.2, 0.25) is 0 Å². The molecule has 0 atom stereocenters. The minimum atomic E-state index is 0.115. The van der Waals surface area contributed by atoms with E-state index in [0.717, 1.165) is 21.8 Å². The van der Waals surface area contributed by atoms with E-state index in [1.165, 1.54) is 10.9 Å². The third-order valence-corrected chi connectivity index (χ3v) is 5.72. The molecule has 4 nitrogen and oxygen atoms in total. The molecule has 2 heterocycles. The van der Waals surface area contributed by atoms with Crippen LogP contribution in [0, 0.1) is 0 Å². The highest BCUT2D eigenvalue weighted by atomic mass is 32.1. The molecular weight excluding hydrogens is 368 g/mol. The number of nitrogens with one attached hydrogen (secondary N) is 1. The van der Waals surface area contributed by atoms with E-state index in [4.69, 9.17) is 4.74 Å². The summed E-state index contributed by atoms with van der Waals surface area (Å²) in [6.45, 7) is 0.580. The number of carbonyl (C=O) groups excluding carboxylic acids is 1. The Kier molecular flexibility index (Phi) is 5.44. The fraction of sp³-hybridized carbons (Fsp3) is 0.174. The Balaban J connectivity index is 1.53. The molecule has 0 saturated heterocycles. The molecule has 28 heavy (non-hydrogen) atoms. The third-order valence-electron chi connectivity index (χ3n) is 4.86. The summed E-state index contributed by atoms with van der Waals surface area (Å²) in [6, 6.07) is 19.9. The van der Waals surface area contributed by atoms with E-state index in [1.54, 1.807) is 18.4 Å². The van der Waals surface area contributed by atoms with E-state index in [2.05, 4.69) is 23.2 Å². The van der Waals surface area contributed by atoms with Crippen molar-refractivity contribution in [2.45, 2.75) is 19.4 Å². The summed E-state index contributed by atoms with van der Waals surface area (Å²) in [5, 5.41) is 3.22. The van der Waals surface area contributed by atoms with Crippen LogP contribution in [-0.4, -0.2) is 18.0 Å². The van der Waals surface area contributed by atoms with E-state index < -0.39 is 0 Å². The van der Waals surface area contributed by atoms with Gasteiger partial charge in [0, 0.05) is 34.1 Å². The van der Waals surface area contributed by atoms with Gasteiger partial charge in [0.1, 0.15) is 5.75 Å². The number of anilines is 1. The van der Waals surface area contributed by atoms with Crippen LogP contribution >= 0.6 is 11.3 Å². The summed E-state index contributed by atoms with van der Waals surface area (Å²) in [4.78, 5) is 19.5. The lowest BCUT2D eigenvalue weighted by molar-refractivity contribution is -0.118. The Morgan fingerprint density at radius 1 is 1.07 bits per heavy atom. The Bertz CT molecular complexity index is 1050. The molecule has 0 spiro atoms. The van der Waals surface area contributed by atoms with Crippen LogP contribution in [0.1, 0.15) is 16.9 Å². The Labute approximate surface area is 168 Å². The zero-order valence-electron chi connectivity index (χ0n) is 15.7. The molecule has 1 N–H and O–H groups in total. The number of benzene rings is 2. The van der Waals surface area contributed by atoms with Crippen molar-refractivity contribution in [2.75, 3.05) is 12.0 Å². The molecule has 2 aromatic heterocycles. The molecule has 0 aliphatic rings. The average molecular weight is 391 g/mol. The predicted molar refractivity (Wildman–Crippen MR) is 115 cm³/mol. The third kappa shape index (κ3) is 3.94. The normalized spacial score (nSPS) is 10.9. The summed E-state index contributed by atoms with van der Waals surface area (Å²) < 4.78 is 5.25. The predicted octanol–water partition coefficient (Wildman–Crippen LogP) is 5.40. The molecule has 2 aromatic carbocycles. The molecule has 0 radical (unpaired) electrons. The van der Waals surface area contributed by atoms with E-state index in [1.807, 2.05) is 58.9 Å². The van der Waals surface area contributed by atoms with Gasteiger partial charge in [0.2, 0.25) is 5.91 Å². The quantitative estimate of drug-likeness (QED) is 0.459. The van der Waals surface area contributed by atoms with Gasteiger partial charge in [-0.2, -0.15) is 0 Å². The Morgan fingerprint density at radius 2 is 1.89 bits per heavy atom. The van der Waals surface area contributed by atoms with Gasteiger partial charge in [0.15, 0.2) is 0 Å². The first kappa shape index (κ1) is 18.3. The molecule has 5 heteroatoms. The van der Waals surface area contributed by atoms with E-state index in [9.17, 15) is 4.79 Å². The monoisotopic (exact) mass is 390 g/mol. The summed E-state index contributed by atoms with van der Waals surface area (Å²) in [5.74, 6) is 0.898. The first-order valence-corrected chi connectivity index (χ1v) is 10.1. The van der Waals surface area contributed by atoms with Gasteiger partial charge in [-0.3, -0.25) is 4.79 Å². The van der Waals surface area contributed by atoms with Crippen molar-refractivity contribution in [2.24, 2.45) is 0 Å².